The van der Waals surface area contributed by atoms with Gasteiger partial charge in [-0.3, -0.25) is 0 Å². The first-order valence-corrected chi connectivity index (χ1v) is 4.39. The van der Waals surface area contributed by atoms with Gasteiger partial charge in [0.1, 0.15) is 18.0 Å². The highest BCUT2D eigenvalue weighted by Gasteiger charge is 2.34. The molecule has 2 N–H and O–H groups in total. The molecular weight excluding hydrogens is 164 g/mol. The second-order valence-electron chi connectivity index (χ2n) is 4.32. The van der Waals surface area contributed by atoms with Crippen LogP contribution in [0.4, 0.5) is 11.6 Å². The molecule has 0 spiro atoms. The normalized spacial score (nSPS) is 19.7. The molecule has 0 aliphatic carbocycles. The highest BCUT2D eigenvalue weighted by Crippen LogP contribution is 2.32. The Bertz CT molecular complexity index is 313. The standard InChI is InChI=1S/C9H14N4/c1-9(2)4-13(5-9)8-3-7(10)11-6-12-8/h3,6H,4-5H2,1-2H3,(H2,10,11,12). The summed E-state index contributed by atoms with van der Waals surface area (Å²) < 4.78 is 0. The molecule has 1 aromatic rings. The van der Waals surface area contributed by atoms with Gasteiger partial charge in [0, 0.05) is 19.2 Å². The zero-order valence-electron chi connectivity index (χ0n) is 7.99. The third kappa shape index (κ3) is 1.56. The fourth-order valence-electron chi connectivity index (χ4n) is 1.68. The van der Waals surface area contributed by atoms with Crippen LogP contribution >= 0.6 is 0 Å². The summed E-state index contributed by atoms with van der Waals surface area (Å²) in [7, 11) is 0. The largest absolute Gasteiger partial charge is 0.384 e. The van der Waals surface area contributed by atoms with Crippen molar-refractivity contribution in [2.75, 3.05) is 23.7 Å². The number of nitrogen functional groups attached to an aromatic ring is 1. The lowest BCUT2D eigenvalue weighted by Gasteiger charge is -2.46. The van der Waals surface area contributed by atoms with E-state index in [1.54, 1.807) is 0 Å². The van der Waals surface area contributed by atoms with Crippen LogP contribution in [-0.4, -0.2) is 23.1 Å². The summed E-state index contributed by atoms with van der Waals surface area (Å²) in [6, 6.07) is 1.81. The van der Waals surface area contributed by atoms with Gasteiger partial charge in [-0.2, -0.15) is 0 Å². The molecule has 70 valence electrons. The van der Waals surface area contributed by atoms with Crippen molar-refractivity contribution in [2.24, 2.45) is 5.41 Å². The van der Waals surface area contributed by atoms with Crippen LogP contribution < -0.4 is 10.6 Å². The third-order valence-electron chi connectivity index (χ3n) is 2.24. The van der Waals surface area contributed by atoms with Crippen molar-refractivity contribution in [3.8, 4) is 0 Å². The SMILES string of the molecule is CC1(C)CN(c2cc(N)ncn2)C1. The van der Waals surface area contributed by atoms with Gasteiger partial charge in [0.2, 0.25) is 0 Å². The maximum absolute atomic E-state index is 5.57. The van der Waals surface area contributed by atoms with E-state index in [0.717, 1.165) is 18.9 Å². The van der Waals surface area contributed by atoms with Crippen LogP contribution in [0.2, 0.25) is 0 Å². The maximum Gasteiger partial charge on any atom is 0.134 e. The van der Waals surface area contributed by atoms with Crippen LogP contribution in [-0.2, 0) is 0 Å². The smallest absolute Gasteiger partial charge is 0.134 e. The topological polar surface area (TPSA) is 55.0 Å². The molecule has 0 amide bonds. The van der Waals surface area contributed by atoms with E-state index in [1.807, 2.05) is 6.07 Å². The predicted molar refractivity (Wildman–Crippen MR) is 52.4 cm³/mol. The molecule has 1 saturated heterocycles. The zero-order valence-corrected chi connectivity index (χ0v) is 7.99. The summed E-state index contributed by atoms with van der Waals surface area (Å²) in [6.07, 6.45) is 1.51. The summed E-state index contributed by atoms with van der Waals surface area (Å²) in [5.74, 6) is 1.47. The number of nitrogens with zero attached hydrogens (tertiary/aromatic N) is 3. The van der Waals surface area contributed by atoms with E-state index in [2.05, 4.69) is 28.7 Å². The second-order valence-corrected chi connectivity index (χ2v) is 4.32. The lowest BCUT2D eigenvalue weighted by Crippen LogP contribution is -2.53. The van der Waals surface area contributed by atoms with Crippen molar-refractivity contribution in [1.29, 1.82) is 0 Å². The van der Waals surface area contributed by atoms with Gasteiger partial charge in [0.15, 0.2) is 0 Å². The Balaban J connectivity index is 2.11. The van der Waals surface area contributed by atoms with Crippen LogP contribution in [0.1, 0.15) is 13.8 Å². The average molecular weight is 178 g/mol. The van der Waals surface area contributed by atoms with E-state index in [4.69, 9.17) is 5.73 Å². The number of anilines is 2. The molecule has 0 atom stereocenters. The molecule has 1 aliphatic heterocycles. The fraction of sp³-hybridized carbons (Fsp3) is 0.556. The number of hydrogen-bond donors (Lipinski definition) is 1. The predicted octanol–water partition coefficient (Wildman–Crippen LogP) is 0.905. The summed E-state index contributed by atoms with van der Waals surface area (Å²) in [5.41, 5.74) is 5.98. The van der Waals surface area contributed by atoms with Gasteiger partial charge in [-0.05, 0) is 5.41 Å². The quantitative estimate of drug-likeness (QED) is 0.694. The van der Waals surface area contributed by atoms with E-state index in [-0.39, 0.29) is 0 Å². The second kappa shape index (κ2) is 2.58. The summed E-state index contributed by atoms with van der Waals surface area (Å²) in [5, 5.41) is 0. The molecule has 0 aromatic carbocycles. The molecule has 1 aliphatic rings. The van der Waals surface area contributed by atoms with Gasteiger partial charge in [0.05, 0.1) is 0 Å². The Kier molecular flexibility index (Phi) is 1.65. The highest BCUT2D eigenvalue weighted by atomic mass is 15.3. The first-order valence-electron chi connectivity index (χ1n) is 4.39. The molecule has 1 fully saturated rings. The van der Waals surface area contributed by atoms with Crippen LogP contribution in [0.25, 0.3) is 0 Å². The molecule has 13 heavy (non-hydrogen) atoms. The van der Waals surface area contributed by atoms with E-state index in [1.165, 1.54) is 6.33 Å². The molecule has 2 rings (SSSR count). The Hall–Kier alpha value is -1.32. The zero-order chi connectivity index (χ0) is 9.47. The number of nitrogens with two attached hydrogens (primary N) is 1. The monoisotopic (exact) mass is 178 g/mol. The number of rotatable bonds is 1. The first kappa shape index (κ1) is 8.29. The summed E-state index contributed by atoms with van der Waals surface area (Å²) >= 11 is 0. The van der Waals surface area contributed by atoms with Gasteiger partial charge in [-0.1, -0.05) is 13.8 Å². The molecule has 0 bridgehead atoms. The molecule has 1 aromatic heterocycles. The highest BCUT2D eigenvalue weighted by molar-refractivity contribution is 5.48. The van der Waals surface area contributed by atoms with Crippen molar-refractivity contribution >= 4 is 11.6 Å². The van der Waals surface area contributed by atoms with Crippen molar-refractivity contribution in [2.45, 2.75) is 13.8 Å². The molecule has 0 radical (unpaired) electrons. The summed E-state index contributed by atoms with van der Waals surface area (Å²) in [4.78, 5) is 10.2. The average Bonchev–Trinajstić information content (AvgIpc) is 2.00. The van der Waals surface area contributed by atoms with Crippen LogP contribution in [0.15, 0.2) is 12.4 Å². The van der Waals surface area contributed by atoms with Crippen LogP contribution in [0.5, 0.6) is 0 Å². The van der Waals surface area contributed by atoms with Crippen molar-refractivity contribution in [3.05, 3.63) is 12.4 Å². The van der Waals surface area contributed by atoms with Crippen molar-refractivity contribution in [3.63, 3.8) is 0 Å². The van der Waals surface area contributed by atoms with E-state index < -0.39 is 0 Å². The van der Waals surface area contributed by atoms with E-state index in [0.29, 0.717) is 11.2 Å². The van der Waals surface area contributed by atoms with Gasteiger partial charge >= 0.3 is 0 Å². The molecule has 4 heteroatoms. The van der Waals surface area contributed by atoms with E-state index >= 15 is 0 Å². The maximum atomic E-state index is 5.57. The Morgan fingerprint density at radius 3 is 2.62 bits per heavy atom. The van der Waals surface area contributed by atoms with Crippen molar-refractivity contribution < 1.29 is 0 Å². The van der Waals surface area contributed by atoms with Crippen LogP contribution in [0.3, 0.4) is 0 Å². The van der Waals surface area contributed by atoms with Gasteiger partial charge in [-0.25, -0.2) is 9.97 Å². The first-order chi connectivity index (χ1) is 6.07. The molecule has 0 saturated carbocycles. The van der Waals surface area contributed by atoms with E-state index in [9.17, 15) is 0 Å². The van der Waals surface area contributed by atoms with Gasteiger partial charge < -0.3 is 10.6 Å². The Morgan fingerprint density at radius 2 is 2.08 bits per heavy atom. The molecule has 2 heterocycles. The molecule has 4 nitrogen and oxygen atoms in total. The summed E-state index contributed by atoms with van der Waals surface area (Å²) in [6.45, 7) is 6.58. The minimum Gasteiger partial charge on any atom is -0.384 e. The fourth-order valence-corrected chi connectivity index (χ4v) is 1.68. The Morgan fingerprint density at radius 1 is 1.38 bits per heavy atom. The number of hydrogen-bond acceptors (Lipinski definition) is 4. The van der Waals surface area contributed by atoms with Crippen molar-refractivity contribution in [1.82, 2.24) is 9.97 Å². The Labute approximate surface area is 77.8 Å². The third-order valence-corrected chi connectivity index (χ3v) is 2.24. The lowest BCUT2D eigenvalue weighted by atomic mass is 9.84. The minimum absolute atomic E-state index is 0.416. The van der Waals surface area contributed by atoms with Crippen LogP contribution in [0, 0.1) is 5.41 Å². The number of aromatic nitrogens is 2. The minimum atomic E-state index is 0.416. The van der Waals surface area contributed by atoms with Gasteiger partial charge in [0.25, 0.3) is 0 Å². The lowest BCUT2D eigenvalue weighted by molar-refractivity contribution is 0.274. The molecule has 0 unspecified atom stereocenters. The molecular formula is C9H14N4. The van der Waals surface area contributed by atoms with Gasteiger partial charge in [-0.15, -0.1) is 0 Å².